The molecule has 1 aliphatic heterocycles. The van der Waals surface area contributed by atoms with Gasteiger partial charge in [-0.1, -0.05) is 0 Å². The van der Waals surface area contributed by atoms with Crippen LogP contribution in [0.2, 0.25) is 0 Å². The van der Waals surface area contributed by atoms with Crippen LogP contribution < -0.4 is 10.6 Å². The van der Waals surface area contributed by atoms with Crippen LogP contribution in [0.15, 0.2) is 23.0 Å². The molecule has 0 bridgehead atoms. The molecule has 1 amide bonds. The Morgan fingerprint density at radius 3 is 2.24 bits per heavy atom. The predicted octanol–water partition coefficient (Wildman–Crippen LogP) is 1.40. The van der Waals surface area contributed by atoms with Crippen molar-refractivity contribution < 1.29 is 34.8 Å². The highest BCUT2D eigenvalue weighted by molar-refractivity contribution is 6.24. The van der Waals surface area contributed by atoms with Crippen LogP contribution in [0.4, 0.5) is 5.69 Å². The average molecular weight is 569 g/mol. The van der Waals surface area contributed by atoms with E-state index in [2.05, 4.69) is 18.7 Å². The molecule has 6 N–H and O–H groups in total. The van der Waals surface area contributed by atoms with E-state index in [1.807, 2.05) is 19.0 Å². The molecule has 1 saturated heterocycles. The number of likely N-dealkylation sites (N-methyl/N-ethyl adjacent to an activating group) is 1. The highest BCUT2D eigenvalue weighted by Crippen LogP contribution is 2.54. The number of nitrogens with two attached hydrogens (primary N) is 1. The molecule has 5 rings (SSSR count). The van der Waals surface area contributed by atoms with Gasteiger partial charge in [0.25, 0.3) is 5.91 Å². The summed E-state index contributed by atoms with van der Waals surface area (Å²) < 4.78 is 0. The molecule has 0 radical (unpaired) electrons. The van der Waals surface area contributed by atoms with Gasteiger partial charge < -0.3 is 31.1 Å². The number of carbonyl (C=O) groups is 3. The van der Waals surface area contributed by atoms with Crippen molar-refractivity contribution >= 4 is 28.9 Å². The second-order valence-corrected chi connectivity index (χ2v) is 12.6. The van der Waals surface area contributed by atoms with E-state index in [-0.39, 0.29) is 29.7 Å². The van der Waals surface area contributed by atoms with Gasteiger partial charge in [0.15, 0.2) is 11.4 Å². The summed E-state index contributed by atoms with van der Waals surface area (Å²) in [4.78, 5) is 45.3. The highest BCUT2D eigenvalue weighted by Gasteiger charge is 2.64. The molecule has 2 fully saturated rings. The zero-order valence-electron chi connectivity index (χ0n) is 24.4. The van der Waals surface area contributed by atoms with E-state index in [4.69, 9.17) is 5.73 Å². The number of aliphatic hydroxyl groups is 3. The van der Waals surface area contributed by atoms with Gasteiger partial charge in [-0.15, -0.1) is 0 Å². The van der Waals surface area contributed by atoms with E-state index >= 15 is 0 Å². The van der Waals surface area contributed by atoms with Gasteiger partial charge in [-0.3, -0.25) is 24.2 Å². The van der Waals surface area contributed by atoms with E-state index in [1.165, 1.54) is 4.90 Å². The lowest BCUT2D eigenvalue weighted by Gasteiger charge is -2.50. The number of hydrogen-bond acceptors (Lipinski definition) is 10. The largest absolute Gasteiger partial charge is 0.508 e. The number of anilines is 1. The van der Waals surface area contributed by atoms with Gasteiger partial charge in [0.05, 0.1) is 11.6 Å². The molecule has 1 aromatic rings. The van der Waals surface area contributed by atoms with Gasteiger partial charge in [0.2, 0.25) is 5.78 Å². The molecule has 0 spiro atoms. The summed E-state index contributed by atoms with van der Waals surface area (Å²) in [6.07, 6.45) is 2.49. The van der Waals surface area contributed by atoms with Crippen molar-refractivity contribution in [2.75, 3.05) is 33.1 Å². The van der Waals surface area contributed by atoms with E-state index in [0.29, 0.717) is 24.2 Å². The third-order valence-corrected chi connectivity index (χ3v) is 9.71. The third-order valence-electron chi connectivity index (χ3n) is 9.71. The monoisotopic (exact) mass is 568 g/mol. The van der Waals surface area contributed by atoms with Crippen LogP contribution in [0.1, 0.15) is 49.8 Å². The zero-order valence-corrected chi connectivity index (χ0v) is 24.4. The van der Waals surface area contributed by atoms with E-state index in [1.54, 1.807) is 20.2 Å². The minimum absolute atomic E-state index is 0.0593. The number of hydrogen-bond donors (Lipinski definition) is 5. The number of phenols is 1. The van der Waals surface area contributed by atoms with E-state index < -0.39 is 58.0 Å². The highest BCUT2D eigenvalue weighted by atomic mass is 16.3. The summed E-state index contributed by atoms with van der Waals surface area (Å²) in [5.41, 5.74) is 4.30. The van der Waals surface area contributed by atoms with Crippen LogP contribution in [0.3, 0.4) is 0 Å². The Kier molecular flexibility index (Phi) is 6.99. The quantitative estimate of drug-likeness (QED) is 0.328. The van der Waals surface area contributed by atoms with Crippen LogP contribution in [0.25, 0.3) is 5.76 Å². The van der Waals surface area contributed by atoms with Crippen LogP contribution in [-0.2, 0) is 27.3 Å². The first-order valence-electron chi connectivity index (χ1n) is 14.1. The summed E-state index contributed by atoms with van der Waals surface area (Å²) in [7, 11) is 6.96. The molecule has 1 heterocycles. The van der Waals surface area contributed by atoms with Crippen molar-refractivity contribution in [2.24, 2.45) is 17.6 Å². The van der Waals surface area contributed by atoms with Crippen molar-refractivity contribution in [1.29, 1.82) is 0 Å². The molecular formula is C30H40N4O7. The molecule has 1 aromatic carbocycles. The number of aromatic hydroxyl groups is 1. The fourth-order valence-electron chi connectivity index (χ4n) is 7.80. The lowest BCUT2D eigenvalue weighted by Crippen LogP contribution is -2.65. The van der Waals surface area contributed by atoms with Crippen molar-refractivity contribution in [3.8, 4) is 5.75 Å². The summed E-state index contributed by atoms with van der Waals surface area (Å²) in [5, 5.41) is 45.6. The number of benzene rings is 1. The van der Waals surface area contributed by atoms with Crippen LogP contribution >= 0.6 is 0 Å². The number of aliphatic hydroxyl groups excluding tert-OH is 2. The molecule has 1 saturated carbocycles. The maximum absolute atomic E-state index is 14.0. The Morgan fingerprint density at radius 2 is 1.71 bits per heavy atom. The van der Waals surface area contributed by atoms with Gasteiger partial charge in [-0.25, -0.2) is 0 Å². The number of fused-ring (bicyclic) bond motifs is 3. The summed E-state index contributed by atoms with van der Waals surface area (Å²) in [6.45, 7) is 4.98. The average Bonchev–Trinajstić information content (AvgIpc) is 3.17. The third kappa shape index (κ3) is 4.08. The second-order valence-electron chi connectivity index (χ2n) is 12.6. The molecule has 4 aliphatic rings. The molecule has 41 heavy (non-hydrogen) atoms. The topological polar surface area (TPSA) is 168 Å². The Hall–Kier alpha value is -3.41. The molecule has 2 unspecified atom stereocenters. The van der Waals surface area contributed by atoms with Crippen LogP contribution in [-0.4, -0.2) is 99.6 Å². The SMILES string of the molecule is CC1CCC(C)N1Cc1cc(O)c2c(c1N(C)C)C[C@H]1C[C@H]3[C@H](N(C)C)C(=O)C(C(N)=O)=C(O)[C@@]3(O)C(=O)C1=C2O. The molecule has 11 heteroatoms. The second kappa shape index (κ2) is 9.85. The standard InChI is InChI=1S/C30H40N4O7/c1-13-7-8-14(2)34(13)12-16-11-19(35)21-17(23(16)32(3)4)9-15-10-18-24(33(5)6)26(37)22(29(31)40)28(39)30(18,41)27(38)20(15)25(21)36/h11,13-15,18,24,35-36,39,41H,7-10,12H2,1-6H3,(H2,31,40)/t13?,14?,15-,18-,24-,30-/m0/s1. The minimum Gasteiger partial charge on any atom is -0.508 e. The number of likely N-dealkylation sites (tertiary alicyclic amines) is 1. The van der Waals surface area contributed by atoms with Crippen LogP contribution in [0, 0.1) is 11.8 Å². The van der Waals surface area contributed by atoms with Gasteiger partial charge in [0, 0.05) is 49.9 Å². The van der Waals surface area contributed by atoms with Crippen molar-refractivity contribution in [1.82, 2.24) is 9.80 Å². The number of rotatable bonds is 5. The lowest BCUT2D eigenvalue weighted by atomic mass is 9.57. The molecule has 0 aromatic heterocycles. The maximum Gasteiger partial charge on any atom is 0.255 e. The molecule has 222 valence electrons. The number of ketones is 2. The molecule has 6 atom stereocenters. The first-order chi connectivity index (χ1) is 19.1. The fraction of sp³-hybridized carbons (Fsp3) is 0.567. The normalized spacial score (nSPS) is 31.9. The lowest BCUT2D eigenvalue weighted by molar-refractivity contribution is -0.153. The summed E-state index contributed by atoms with van der Waals surface area (Å²) in [5.74, 6) is -6.50. The van der Waals surface area contributed by atoms with Gasteiger partial charge in [-0.2, -0.15) is 0 Å². The molecule has 3 aliphatic carbocycles. The van der Waals surface area contributed by atoms with Crippen molar-refractivity contribution in [3.63, 3.8) is 0 Å². The van der Waals surface area contributed by atoms with E-state index in [9.17, 15) is 34.8 Å². The first-order valence-corrected chi connectivity index (χ1v) is 14.1. The van der Waals surface area contributed by atoms with E-state index in [0.717, 1.165) is 24.1 Å². The predicted molar refractivity (Wildman–Crippen MR) is 152 cm³/mol. The number of Topliss-reactive ketones (excluding diaryl/α,β-unsaturated/α-hetero) is 2. The van der Waals surface area contributed by atoms with Crippen molar-refractivity contribution in [2.45, 2.75) is 69.8 Å². The Bertz CT molecular complexity index is 1400. The number of carbonyl (C=O) groups excluding carboxylic acids is 3. The van der Waals surface area contributed by atoms with Gasteiger partial charge in [0.1, 0.15) is 22.8 Å². The summed E-state index contributed by atoms with van der Waals surface area (Å²) in [6, 6.07) is 1.27. The smallest absolute Gasteiger partial charge is 0.255 e. The number of amides is 1. The number of primary amides is 1. The number of nitrogens with zero attached hydrogens (tertiary/aromatic N) is 3. The summed E-state index contributed by atoms with van der Waals surface area (Å²) >= 11 is 0. The molecule has 11 nitrogen and oxygen atoms in total. The first kappa shape index (κ1) is 29.1. The van der Waals surface area contributed by atoms with Crippen LogP contribution in [0.5, 0.6) is 5.75 Å². The minimum atomic E-state index is -2.65. The zero-order chi connectivity index (χ0) is 30.3. The molecular weight excluding hydrogens is 528 g/mol. The Balaban J connectivity index is 1.69. The Morgan fingerprint density at radius 1 is 1.10 bits per heavy atom. The van der Waals surface area contributed by atoms with Gasteiger partial charge in [-0.05, 0) is 76.7 Å². The number of phenolic OH excluding ortho intramolecular Hbond substituents is 1. The van der Waals surface area contributed by atoms with Crippen molar-refractivity contribution in [3.05, 3.63) is 39.7 Å². The van der Waals surface area contributed by atoms with Gasteiger partial charge >= 0.3 is 0 Å². The Labute approximate surface area is 239 Å². The fourth-order valence-corrected chi connectivity index (χ4v) is 7.80. The maximum atomic E-state index is 14.0.